The van der Waals surface area contributed by atoms with Gasteiger partial charge in [-0.1, -0.05) is 13.8 Å². The van der Waals surface area contributed by atoms with Gasteiger partial charge < -0.3 is 5.32 Å². The minimum atomic E-state index is 0.574. The van der Waals surface area contributed by atoms with Crippen molar-refractivity contribution in [2.24, 2.45) is 5.41 Å². The Morgan fingerprint density at radius 2 is 2.00 bits per heavy atom. The van der Waals surface area contributed by atoms with E-state index in [4.69, 9.17) is 0 Å². The fourth-order valence-electron chi connectivity index (χ4n) is 2.42. The molecule has 2 nitrogen and oxygen atoms in total. The van der Waals surface area contributed by atoms with Crippen molar-refractivity contribution in [3.63, 3.8) is 0 Å². The minimum Gasteiger partial charge on any atom is -0.314 e. The molecule has 0 aromatic rings. The SMILES string of the molecule is CN(C1CNC1)C1CCC1(C)C. The molecular weight excluding hydrogens is 148 g/mol. The van der Waals surface area contributed by atoms with Crippen molar-refractivity contribution in [3.8, 4) is 0 Å². The average Bonchev–Trinajstić information content (AvgIpc) is 1.81. The molecule has 1 heterocycles. The van der Waals surface area contributed by atoms with Gasteiger partial charge in [0.2, 0.25) is 0 Å². The second-order valence-electron chi connectivity index (χ2n) is 5.02. The van der Waals surface area contributed by atoms with E-state index in [0.717, 1.165) is 12.1 Å². The summed E-state index contributed by atoms with van der Waals surface area (Å²) >= 11 is 0. The number of rotatable bonds is 2. The topological polar surface area (TPSA) is 15.3 Å². The Kier molecular flexibility index (Phi) is 1.92. The number of likely N-dealkylation sites (N-methyl/N-ethyl adjacent to an activating group) is 1. The first-order valence-corrected chi connectivity index (χ1v) is 5.04. The second-order valence-corrected chi connectivity index (χ2v) is 5.02. The predicted octanol–water partition coefficient (Wildman–Crippen LogP) is 1.08. The molecule has 1 N–H and O–H groups in total. The largest absolute Gasteiger partial charge is 0.314 e. The third-order valence-electron chi connectivity index (χ3n) is 3.79. The lowest BCUT2D eigenvalue weighted by Gasteiger charge is -2.53. The average molecular weight is 168 g/mol. The molecule has 1 saturated carbocycles. The summed E-state index contributed by atoms with van der Waals surface area (Å²) in [6, 6.07) is 1.65. The Morgan fingerprint density at radius 1 is 1.33 bits per heavy atom. The highest BCUT2D eigenvalue weighted by atomic mass is 15.2. The number of nitrogens with zero attached hydrogens (tertiary/aromatic N) is 1. The van der Waals surface area contributed by atoms with E-state index in [-0.39, 0.29) is 0 Å². The van der Waals surface area contributed by atoms with E-state index in [1.165, 1.54) is 25.9 Å². The lowest BCUT2D eigenvalue weighted by molar-refractivity contribution is -0.0206. The van der Waals surface area contributed by atoms with Crippen molar-refractivity contribution in [1.82, 2.24) is 10.2 Å². The van der Waals surface area contributed by atoms with E-state index in [9.17, 15) is 0 Å². The van der Waals surface area contributed by atoms with Gasteiger partial charge in [0.15, 0.2) is 0 Å². The molecule has 2 fully saturated rings. The first-order chi connectivity index (χ1) is 5.61. The zero-order chi connectivity index (χ0) is 8.77. The third kappa shape index (κ3) is 1.17. The molecule has 70 valence electrons. The first kappa shape index (κ1) is 8.52. The summed E-state index contributed by atoms with van der Waals surface area (Å²) in [4.78, 5) is 2.58. The Balaban J connectivity index is 1.91. The van der Waals surface area contributed by atoms with Gasteiger partial charge in [-0.15, -0.1) is 0 Å². The van der Waals surface area contributed by atoms with Gasteiger partial charge >= 0.3 is 0 Å². The summed E-state index contributed by atoms with van der Waals surface area (Å²) in [6.45, 7) is 7.18. The smallest absolute Gasteiger partial charge is 0.0345 e. The fraction of sp³-hybridized carbons (Fsp3) is 1.00. The van der Waals surface area contributed by atoms with Crippen LogP contribution in [-0.4, -0.2) is 37.1 Å². The van der Waals surface area contributed by atoms with Gasteiger partial charge in [-0.25, -0.2) is 0 Å². The van der Waals surface area contributed by atoms with Crippen LogP contribution in [-0.2, 0) is 0 Å². The van der Waals surface area contributed by atoms with Crippen LogP contribution in [0.4, 0.5) is 0 Å². The third-order valence-corrected chi connectivity index (χ3v) is 3.79. The highest BCUT2D eigenvalue weighted by Gasteiger charge is 2.43. The van der Waals surface area contributed by atoms with Gasteiger partial charge in [0, 0.05) is 25.2 Å². The van der Waals surface area contributed by atoms with Gasteiger partial charge in [-0.05, 0) is 25.3 Å². The zero-order valence-electron chi connectivity index (χ0n) is 8.43. The van der Waals surface area contributed by atoms with Crippen LogP contribution in [0.25, 0.3) is 0 Å². The quantitative estimate of drug-likeness (QED) is 0.663. The molecule has 1 unspecified atom stereocenters. The molecular formula is C10H20N2. The van der Waals surface area contributed by atoms with Crippen LogP contribution in [0.1, 0.15) is 26.7 Å². The maximum atomic E-state index is 3.33. The summed E-state index contributed by atoms with van der Waals surface area (Å²) in [6.07, 6.45) is 2.81. The lowest BCUT2D eigenvalue weighted by atomic mass is 9.66. The molecule has 1 aliphatic carbocycles. The number of hydrogen-bond acceptors (Lipinski definition) is 2. The Hall–Kier alpha value is -0.0800. The van der Waals surface area contributed by atoms with Crippen LogP contribution in [0.5, 0.6) is 0 Å². The van der Waals surface area contributed by atoms with Crippen LogP contribution >= 0.6 is 0 Å². The van der Waals surface area contributed by atoms with Gasteiger partial charge in [-0.2, -0.15) is 0 Å². The zero-order valence-corrected chi connectivity index (χ0v) is 8.43. The molecule has 2 rings (SSSR count). The van der Waals surface area contributed by atoms with Crippen LogP contribution in [0.15, 0.2) is 0 Å². The maximum absolute atomic E-state index is 3.33. The standard InChI is InChI=1S/C10H20N2/c1-10(2)5-4-9(10)12(3)8-6-11-7-8/h8-9,11H,4-7H2,1-3H3. The Morgan fingerprint density at radius 3 is 2.25 bits per heavy atom. The molecule has 2 heteroatoms. The van der Waals surface area contributed by atoms with Gasteiger partial charge in [-0.3, -0.25) is 4.90 Å². The summed E-state index contributed by atoms with van der Waals surface area (Å²) in [7, 11) is 2.29. The summed E-state index contributed by atoms with van der Waals surface area (Å²) in [5.74, 6) is 0. The van der Waals surface area contributed by atoms with Crippen molar-refractivity contribution in [1.29, 1.82) is 0 Å². The molecule has 1 atom stereocenters. The molecule has 0 spiro atoms. The van der Waals surface area contributed by atoms with E-state index in [1.54, 1.807) is 0 Å². The van der Waals surface area contributed by atoms with Gasteiger partial charge in [0.25, 0.3) is 0 Å². The molecule has 12 heavy (non-hydrogen) atoms. The van der Waals surface area contributed by atoms with Crippen LogP contribution in [0.3, 0.4) is 0 Å². The second kappa shape index (κ2) is 2.71. The molecule has 0 aromatic carbocycles. The van der Waals surface area contributed by atoms with E-state index < -0.39 is 0 Å². The predicted molar refractivity (Wildman–Crippen MR) is 51.2 cm³/mol. The highest BCUT2D eigenvalue weighted by molar-refractivity contribution is 4.98. The summed E-state index contributed by atoms with van der Waals surface area (Å²) in [5.41, 5.74) is 0.574. The number of nitrogens with one attached hydrogen (secondary N) is 1. The molecule has 0 aromatic heterocycles. The van der Waals surface area contributed by atoms with Crippen molar-refractivity contribution in [3.05, 3.63) is 0 Å². The van der Waals surface area contributed by atoms with Crippen LogP contribution in [0.2, 0.25) is 0 Å². The molecule has 2 aliphatic rings. The molecule has 1 saturated heterocycles. The van der Waals surface area contributed by atoms with Crippen LogP contribution in [0, 0.1) is 5.41 Å². The first-order valence-electron chi connectivity index (χ1n) is 5.04. The monoisotopic (exact) mass is 168 g/mol. The number of hydrogen-bond donors (Lipinski definition) is 1. The van der Waals surface area contributed by atoms with E-state index >= 15 is 0 Å². The van der Waals surface area contributed by atoms with Crippen molar-refractivity contribution in [2.45, 2.75) is 38.8 Å². The normalized spacial score (nSPS) is 34.5. The molecule has 0 amide bonds. The molecule has 0 radical (unpaired) electrons. The molecule has 1 aliphatic heterocycles. The highest BCUT2D eigenvalue weighted by Crippen LogP contribution is 2.43. The maximum Gasteiger partial charge on any atom is 0.0345 e. The van der Waals surface area contributed by atoms with Crippen molar-refractivity contribution >= 4 is 0 Å². The van der Waals surface area contributed by atoms with E-state index in [1.807, 2.05) is 0 Å². The fourth-order valence-corrected chi connectivity index (χ4v) is 2.42. The summed E-state index contributed by atoms with van der Waals surface area (Å²) in [5, 5.41) is 3.33. The van der Waals surface area contributed by atoms with E-state index in [0.29, 0.717) is 5.41 Å². The van der Waals surface area contributed by atoms with Gasteiger partial charge in [0.1, 0.15) is 0 Å². The van der Waals surface area contributed by atoms with Crippen molar-refractivity contribution in [2.75, 3.05) is 20.1 Å². The lowest BCUT2D eigenvalue weighted by Crippen LogP contribution is -2.63. The van der Waals surface area contributed by atoms with Crippen LogP contribution < -0.4 is 5.32 Å². The Bertz CT molecular complexity index is 173. The van der Waals surface area contributed by atoms with E-state index in [2.05, 4.69) is 31.1 Å². The van der Waals surface area contributed by atoms with Crippen molar-refractivity contribution < 1.29 is 0 Å². The minimum absolute atomic E-state index is 0.574. The Labute approximate surface area is 75.3 Å². The summed E-state index contributed by atoms with van der Waals surface area (Å²) < 4.78 is 0. The van der Waals surface area contributed by atoms with Gasteiger partial charge in [0.05, 0.1) is 0 Å². The molecule has 0 bridgehead atoms.